The van der Waals surface area contributed by atoms with Crippen molar-refractivity contribution in [3.8, 4) is 0 Å². The zero-order valence-corrected chi connectivity index (χ0v) is 10.4. The minimum atomic E-state index is -0.590. The van der Waals surface area contributed by atoms with Gasteiger partial charge < -0.3 is 10.2 Å². The number of hydrogen-bond acceptors (Lipinski definition) is 5. The Labute approximate surface area is 108 Å². The maximum atomic E-state index is 12.1. The summed E-state index contributed by atoms with van der Waals surface area (Å²) in [4.78, 5) is 25.7. The van der Waals surface area contributed by atoms with Crippen LogP contribution >= 0.6 is 11.7 Å². The number of nitrogens with one attached hydrogen (secondary N) is 1. The van der Waals surface area contributed by atoms with E-state index in [1.165, 1.54) is 12.6 Å². The van der Waals surface area contributed by atoms with Gasteiger partial charge in [-0.05, 0) is 30.6 Å². The first-order chi connectivity index (χ1) is 8.74. The van der Waals surface area contributed by atoms with Crippen LogP contribution in [0.5, 0.6) is 0 Å². The third-order valence-electron chi connectivity index (χ3n) is 4.42. The first-order valence-electron chi connectivity index (χ1n) is 6.13. The molecule has 1 saturated heterocycles. The van der Waals surface area contributed by atoms with Crippen molar-refractivity contribution in [3.63, 3.8) is 0 Å². The Kier molecular flexibility index (Phi) is 2.03. The molecule has 0 radical (unpaired) electrons. The van der Waals surface area contributed by atoms with Gasteiger partial charge in [-0.25, -0.2) is 0 Å². The summed E-state index contributed by atoms with van der Waals surface area (Å²) in [5.41, 5.74) is 0. The van der Waals surface area contributed by atoms with E-state index in [1.54, 1.807) is 4.90 Å². The van der Waals surface area contributed by atoms with Crippen LogP contribution in [0.15, 0.2) is 6.20 Å². The van der Waals surface area contributed by atoms with Crippen molar-refractivity contribution in [2.75, 3.05) is 11.9 Å². The molecule has 1 aliphatic heterocycles. The number of rotatable bonds is 1. The largest absolute Gasteiger partial charge is 0.331 e. The summed E-state index contributed by atoms with van der Waals surface area (Å²) >= 11 is 1.01. The normalized spacial score (nSPS) is 35.4. The molecule has 3 aliphatic rings. The predicted octanol–water partition coefficient (Wildman–Crippen LogP) is 0.343. The van der Waals surface area contributed by atoms with Gasteiger partial charge in [-0.3, -0.25) is 9.59 Å². The third-order valence-corrected chi connectivity index (χ3v) is 4.90. The van der Waals surface area contributed by atoms with Gasteiger partial charge in [0.1, 0.15) is 0 Å². The van der Waals surface area contributed by atoms with Gasteiger partial charge in [0.25, 0.3) is 0 Å². The van der Waals surface area contributed by atoms with Crippen LogP contribution in [0.3, 0.4) is 0 Å². The topological polar surface area (TPSA) is 75.2 Å². The molecular formula is C11H12N4O2S. The Balaban J connectivity index is 1.45. The highest BCUT2D eigenvalue weighted by Crippen LogP contribution is 2.61. The van der Waals surface area contributed by atoms with Gasteiger partial charge in [-0.2, -0.15) is 8.75 Å². The molecule has 7 heteroatoms. The highest BCUT2D eigenvalue weighted by molar-refractivity contribution is 6.99. The van der Waals surface area contributed by atoms with Crippen molar-refractivity contribution in [2.24, 2.45) is 17.8 Å². The Morgan fingerprint density at radius 3 is 2.94 bits per heavy atom. The molecule has 94 valence electrons. The summed E-state index contributed by atoms with van der Waals surface area (Å²) in [5, 5.41) is 2.49. The van der Waals surface area contributed by atoms with Crippen LogP contribution in [-0.4, -0.2) is 38.0 Å². The van der Waals surface area contributed by atoms with Gasteiger partial charge in [0.2, 0.25) is 0 Å². The highest BCUT2D eigenvalue weighted by atomic mass is 32.1. The maximum absolute atomic E-state index is 12.1. The lowest BCUT2D eigenvalue weighted by Gasteiger charge is -2.25. The van der Waals surface area contributed by atoms with E-state index < -0.39 is 11.8 Å². The summed E-state index contributed by atoms with van der Waals surface area (Å²) in [6.07, 6.45) is 3.78. The van der Waals surface area contributed by atoms with E-state index in [0.29, 0.717) is 23.7 Å². The van der Waals surface area contributed by atoms with Crippen molar-refractivity contribution in [3.05, 3.63) is 6.20 Å². The van der Waals surface area contributed by atoms with Crippen LogP contribution in [0.4, 0.5) is 5.82 Å². The molecule has 2 amide bonds. The van der Waals surface area contributed by atoms with Crippen LogP contribution in [0.2, 0.25) is 0 Å². The predicted molar refractivity (Wildman–Crippen MR) is 63.7 cm³/mol. The third kappa shape index (κ3) is 1.40. The van der Waals surface area contributed by atoms with Crippen molar-refractivity contribution in [2.45, 2.75) is 18.9 Å². The molecule has 1 aromatic heterocycles. The van der Waals surface area contributed by atoms with Gasteiger partial charge >= 0.3 is 11.8 Å². The van der Waals surface area contributed by atoms with Crippen molar-refractivity contribution < 1.29 is 9.59 Å². The molecular weight excluding hydrogens is 252 g/mol. The fourth-order valence-electron chi connectivity index (χ4n) is 3.59. The summed E-state index contributed by atoms with van der Waals surface area (Å²) in [6, 6.07) is 0.312. The molecule has 1 aromatic rings. The first-order valence-corrected chi connectivity index (χ1v) is 6.86. The standard InChI is InChI=1S/C11H12N4O2S/c16-10(13-9-3-12-18-14-9)11(17)15-4-5-1-8(15)7-2-6(5)7/h3,5-8H,1-2,4H2,(H,13,14,16)/t5-,6-,7-,8-/m0/s1. The first kappa shape index (κ1) is 10.4. The average Bonchev–Trinajstić information content (AvgIpc) is 2.78. The molecule has 0 unspecified atom stereocenters. The van der Waals surface area contributed by atoms with E-state index in [2.05, 4.69) is 14.1 Å². The van der Waals surface area contributed by atoms with Gasteiger partial charge in [0.05, 0.1) is 17.9 Å². The van der Waals surface area contributed by atoms with Gasteiger partial charge in [-0.15, -0.1) is 0 Å². The monoisotopic (exact) mass is 264 g/mol. The second kappa shape index (κ2) is 3.50. The molecule has 1 N–H and O–H groups in total. The number of likely N-dealkylation sites (tertiary alicyclic amines) is 1. The molecule has 2 saturated carbocycles. The fraction of sp³-hybridized carbons (Fsp3) is 0.636. The van der Waals surface area contributed by atoms with Crippen LogP contribution in [0.1, 0.15) is 12.8 Å². The number of fused-ring (bicyclic) bond motifs is 5. The molecule has 2 bridgehead atoms. The van der Waals surface area contributed by atoms with Crippen molar-refractivity contribution in [1.82, 2.24) is 13.6 Å². The molecule has 4 rings (SSSR count). The van der Waals surface area contributed by atoms with E-state index in [0.717, 1.165) is 30.6 Å². The summed E-state index contributed by atoms with van der Waals surface area (Å²) in [5.74, 6) is 1.49. The summed E-state index contributed by atoms with van der Waals surface area (Å²) < 4.78 is 7.64. The molecule has 2 heterocycles. The molecule has 18 heavy (non-hydrogen) atoms. The van der Waals surface area contributed by atoms with Crippen molar-refractivity contribution >= 4 is 29.4 Å². The fourth-order valence-corrected chi connectivity index (χ4v) is 3.96. The number of aromatic nitrogens is 2. The minimum absolute atomic E-state index is 0.312. The Morgan fingerprint density at radius 2 is 2.28 bits per heavy atom. The summed E-state index contributed by atoms with van der Waals surface area (Å²) in [7, 11) is 0. The Hall–Kier alpha value is -1.50. The quantitative estimate of drug-likeness (QED) is 0.742. The summed E-state index contributed by atoms with van der Waals surface area (Å²) in [6.45, 7) is 0.757. The number of nitrogens with zero attached hydrogens (tertiary/aromatic N) is 3. The van der Waals surface area contributed by atoms with Crippen LogP contribution < -0.4 is 5.32 Å². The van der Waals surface area contributed by atoms with Crippen molar-refractivity contribution in [1.29, 1.82) is 0 Å². The average molecular weight is 264 g/mol. The number of anilines is 1. The number of carbonyl (C=O) groups is 2. The van der Waals surface area contributed by atoms with E-state index in [-0.39, 0.29) is 0 Å². The number of amides is 2. The molecule has 0 aromatic carbocycles. The lowest BCUT2D eigenvalue weighted by atomic mass is 10.1. The Bertz CT molecular complexity index is 517. The van der Waals surface area contributed by atoms with Crippen LogP contribution in [0.25, 0.3) is 0 Å². The zero-order chi connectivity index (χ0) is 12.3. The van der Waals surface area contributed by atoms with E-state index >= 15 is 0 Å². The van der Waals surface area contributed by atoms with Gasteiger partial charge in [0.15, 0.2) is 5.82 Å². The number of piperidine rings is 1. The zero-order valence-electron chi connectivity index (χ0n) is 9.57. The molecule has 6 nitrogen and oxygen atoms in total. The van der Waals surface area contributed by atoms with E-state index in [9.17, 15) is 9.59 Å². The Morgan fingerprint density at radius 1 is 1.39 bits per heavy atom. The van der Waals surface area contributed by atoms with E-state index in [4.69, 9.17) is 0 Å². The number of carbonyl (C=O) groups excluding carboxylic acids is 2. The molecule has 3 fully saturated rings. The van der Waals surface area contributed by atoms with Gasteiger partial charge in [-0.1, -0.05) is 0 Å². The lowest BCUT2D eigenvalue weighted by Crippen LogP contribution is -2.45. The lowest BCUT2D eigenvalue weighted by molar-refractivity contribution is -0.144. The minimum Gasteiger partial charge on any atom is -0.331 e. The smallest absolute Gasteiger partial charge is 0.315 e. The second-order valence-electron chi connectivity index (χ2n) is 5.33. The maximum Gasteiger partial charge on any atom is 0.315 e. The molecule has 0 spiro atoms. The highest BCUT2D eigenvalue weighted by Gasteiger charge is 2.61. The van der Waals surface area contributed by atoms with E-state index in [1.807, 2.05) is 0 Å². The second-order valence-corrected chi connectivity index (χ2v) is 5.89. The van der Waals surface area contributed by atoms with Gasteiger partial charge in [0, 0.05) is 12.6 Å². The SMILES string of the molecule is O=C(Nc1cnsn1)C(=O)N1C[C@@H]2C[C@H]1[C@H]1C[C@@H]21. The van der Waals surface area contributed by atoms with Crippen LogP contribution in [-0.2, 0) is 9.59 Å². The molecule has 2 aliphatic carbocycles. The molecule has 4 atom stereocenters. The number of hydrogen-bond donors (Lipinski definition) is 1. The van der Waals surface area contributed by atoms with Crippen LogP contribution in [0, 0.1) is 17.8 Å².